The van der Waals surface area contributed by atoms with Crippen molar-refractivity contribution in [3.63, 3.8) is 0 Å². The highest BCUT2D eigenvalue weighted by Crippen LogP contribution is 2.43. The Kier molecular flexibility index (Phi) is 3.53. The topological polar surface area (TPSA) is 0 Å². The van der Waals surface area contributed by atoms with E-state index in [1.54, 1.807) is 6.92 Å². The molecule has 1 aromatic rings. The minimum atomic E-state index is -0.783. The van der Waals surface area contributed by atoms with Gasteiger partial charge in [0.15, 0.2) is 0 Å². The highest BCUT2D eigenvalue weighted by Gasteiger charge is 2.39. The van der Waals surface area contributed by atoms with Gasteiger partial charge < -0.3 is 0 Å². The van der Waals surface area contributed by atoms with E-state index in [9.17, 15) is 4.39 Å². The minimum Gasteiger partial charge on any atom is -0.247 e. The summed E-state index contributed by atoms with van der Waals surface area (Å²) in [5.41, 5.74) is 0.856. The second-order valence-electron chi connectivity index (χ2n) is 4.84. The van der Waals surface area contributed by atoms with Gasteiger partial charge in [-0.15, -0.1) is 0 Å². The largest absolute Gasteiger partial charge is 0.247 e. The molecular formula is C14H18ClF. The average Bonchev–Trinajstić information content (AvgIpc) is 2.30. The highest BCUT2D eigenvalue weighted by atomic mass is 35.5. The van der Waals surface area contributed by atoms with Crippen LogP contribution in [0.3, 0.4) is 0 Å². The lowest BCUT2D eigenvalue weighted by atomic mass is 9.67. The summed E-state index contributed by atoms with van der Waals surface area (Å²) in [7, 11) is 0. The van der Waals surface area contributed by atoms with Crippen LogP contribution in [0.2, 0.25) is 5.02 Å². The van der Waals surface area contributed by atoms with Crippen LogP contribution < -0.4 is 0 Å². The zero-order valence-corrected chi connectivity index (χ0v) is 10.4. The molecule has 88 valence electrons. The fourth-order valence-electron chi connectivity index (χ4n) is 2.88. The van der Waals surface area contributed by atoms with E-state index < -0.39 is 6.17 Å². The third-order valence-electron chi connectivity index (χ3n) is 3.93. The smallest absolute Gasteiger partial charge is 0.107 e. The van der Waals surface area contributed by atoms with Crippen LogP contribution in [-0.2, 0) is 5.41 Å². The molecule has 0 spiro atoms. The molecular weight excluding hydrogens is 223 g/mol. The summed E-state index contributed by atoms with van der Waals surface area (Å²) in [4.78, 5) is 0. The Labute approximate surface area is 102 Å². The van der Waals surface area contributed by atoms with Crippen LogP contribution >= 0.6 is 11.6 Å². The molecule has 1 unspecified atom stereocenters. The summed E-state index contributed by atoms with van der Waals surface area (Å²) >= 11 is 5.88. The molecule has 16 heavy (non-hydrogen) atoms. The number of hydrogen-bond acceptors (Lipinski definition) is 0. The number of benzene rings is 1. The van der Waals surface area contributed by atoms with Crippen molar-refractivity contribution < 1.29 is 4.39 Å². The Morgan fingerprint density at radius 3 is 2.19 bits per heavy atom. The number of rotatable bonds is 2. The van der Waals surface area contributed by atoms with Crippen LogP contribution in [0.5, 0.6) is 0 Å². The number of alkyl halides is 1. The van der Waals surface area contributed by atoms with Gasteiger partial charge >= 0.3 is 0 Å². The Balaban J connectivity index is 2.34. The van der Waals surface area contributed by atoms with Crippen molar-refractivity contribution in [2.45, 2.75) is 50.6 Å². The molecule has 1 aliphatic carbocycles. The Morgan fingerprint density at radius 2 is 1.69 bits per heavy atom. The van der Waals surface area contributed by atoms with E-state index in [1.165, 1.54) is 6.42 Å². The van der Waals surface area contributed by atoms with Crippen molar-refractivity contribution in [2.75, 3.05) is 0 Å². The van der Waals surface area contributed by atoms with Gasteiger partial charge in [0.2, 0.25) is 0 Å². The third-order valence-corrected chi connectivity index (χ3v) is 4.18. The maximum atomic E-state index is 14.0. The van der Waals surface area contributed by atoms with Crippen LogP contribution in [0.15, 0.2) is 24.3 Å². The Bertz CT molecular complexity index is 336. The maximum Gasteiger partial charge on any atom is 0.107 e. The van der Waals surface area contributed by atoms with Crippen LogP contribution in [0.4, 0.5) is 4.39 Å². The van der Waals surface area contributed by atoms with Gasteiger partial charge in [-0.1, -0.05) is 43.0 Å². The minimum absolute atomic E-state index is 0.261. The molecule has 0 N–H and O–H groups in total. The SMILES string of the molecule is CC(F)C1(c2ccc(Cl)cc2)CCCCC1. The van der Waals surface area contributed by atoms with Gasteiger partial charge in [-0.3, -0.25) is 0 Å². The molecule has 0 saturated heterocycles. The molecule has 1 aromatic carbocycles. The highest BCUT2D eigenvalue weighted by molar-refractivity contribution is 6.30. The van der Waals surface area contributed by atoms with E-state index in [2.05, 4.69) is 0 Å². The van der Waals surface area contributed by atoms with Crippen molar-refractivity contribution >= 4 is 11.6 Å². The standard InChI is InChI=1S/C14H18ClF/c1-11(16)14(9-3-2-4-10-14)12-5-7-13(15)8-6-12/h5-8,11H,2-4,9-10H2,1H3. The zero-order chi connectivity index (χ0) is 11.6. The normalized spacial score (nSPS) is 21.7. The van der Waals surface area contributed by atoms with Crippen molar-refractivity contribution in [1.82, 2.24) is 0 Å². The maximum absolute atomic E-state index is 14.0. The fourth-order valence-corrected chi connectivity index (χ4v) is 3.01. The lowest BCUT2D eigenvalue weighted by Crippen LogP contribution is -2.37. The van der Waals surface area contributed by atoms with E-state index in [0.29, 0.717) is 0 Å². The van der Waals surface area contributed by atoms with Crippen LogP contribution in [0.1, 0.15) is 44.6 Å². The van der Waals surface area contributed by atoms with Crippen LogP contribution in [-0.4, -0.2) is 6.17 Å². The van der Waals surface area contributed by atoms with E-state index >= 15 is 0 Å². The second-order valence-corrected chi connectivity index (χ2v) is 5.28. The van der Waals surface area contributed by atoms with Gasteiger partial charge in [-0.05, 0) is 37.5 Å². The Hall–Kier alpha value is -0.560. The van der Waals surface area contributed by atoms with Crippen molar-refractivity contribution in [3.05, 3.63) is 34.9 Å². The monoisotopic (exact) mass is 240 g/mol. The van der Waals surface area contributed by atoms with Crippen molar-refractivity contribution in [2.24, 2.45) is 0 Å². The van der Waals surface area contributed by atoms with Crippen molar-refractivity contribution in [3.8, 4) is 0 Å². The lowest BCUT2D eigenvalue weighted by molar-refractivity contribution is 0.151. The summed E-state index contributed by atoms with van der Waals surface area (Å²) in [5.74, 6) is 0. The molecule has 2 heteroatoms. The van der Waals surface area contributed by atoms with Gasteiger partial charge in [0.25, 0.3) is 0 Å². The van der Waals surface area contributed by atoms with Gasteiger partial charge in [-0.25, -0.2) is 4.39 Å². The van der Waals surface area contributed by atoms with Gasteiger partial charge in [0.1, 0.15) is 6.17 Å². The summed E-state index contributed by atoms with van der Waals surface area (Å²) in [6.45, 7) is 1.69. The molecule has 1 saturated carbocycles. The molecule has 0 radical (unpaired) electrons. The van der Waals surface area contributed by atoms with Gasteiger partial charge in [-0.2, -0.15) is 0 Å². The quantitative estimate of drug-likeness (QED) is 0.690. The number of halogens is 2. The predicted molar refractivity (Wildman–Crippen MR) is 66.8 cm³/mol. The van der Waals surface area contributed by atoms with Crippen LogP contribution in [0, 0.1) is 0 Å². The van der Waals surface area contributed by atoms with Crippen LogP contribution in [0.25, 0.3) is 0 Å². The second kappa shape index (κ2) is 4.75. The first kappa shape index (κ1) is 11.9. The lowest BCUT2D eigenvalue weighted by Gasteiger charge is -2.39. The summed E-state index contributed by atoms with van der Waals surface area (Å²) < 4.78 is 14.0. The summed E-state index contributed by atoms with van der Waals surface area (Å²) in [6.07, 6.45) is 4.66. The molecule has 0 bridgehead atoms. The van der Waals surface area contributed by atoms with E-state index in [4.69, 9.17) is 11.6 Å². The summed E-state index contributed by atoms with van der Waals surface area (Å²) in [6, 6.07) is 7.72. The molecule has 0 aromatic heterocycles. The first-order chi connectivity index (χ1) is 7.65. The van der Waals surface area contributed by atoms with E-state index in [1.807, 2.05) is 24.3 Å². The van der Waals surface area contributed by atoms with Crippen molar-refractivity contribution in [1.29, 1.82) is 0 Å². The summed E-state index contributed by atoms with van der Waals surface area (Å²) in [5, 5.41) is 0.723. The molecule has 1 fully saturated rings. The Morgan fingerprint density at radius 1 is 1.12 bits per heavy atom. The molecule has 1 aliphatic rings. The van der Waals surface area contributed by atoms with E-state index in [-0.39, 0.29) is 5.41 Å². The molecule has 0 aliphatic heterocycles. The molecule has 0 heterocycles. The fraction of sp³-hybridized carbons (Fsp3) is 0.571. The first-order valence-corrected chi connectivity index (χ1v) is 6.43. The van der Waals surface area contributed by atoms with Gasteiger partial charge in [0.05, 0.1) is 0 Å². The average molecular weight is 241 g/mol. The molecule has 1 atom stereocenters. The first-order valence-electron chi connectivity index (χ1n) is 6.05. The zero-order valence-electron chi connectivity index (χ0n) is 9.68. The molecule has 2 rings (SSSR count). The number of hydrogen-bond donors (Lipinski definition) is 0. The molecule has 0 nitrogen and oxygen atoms in total. The molecule has 0 amide bonds. The predicted octanol–water partition coefficient (Wildman–Crippen LogP) is 4.90. The third kappa shape index (κ3) is 2.10. The van der Waals surface area contributed by atoms with E-state index in [0.717, 1.165) is 36.3 Å². The van der Waals surface area contributed by atoms with Gasteiger partial charge in [0, 0.05) is 10.4 Å².